The minimum Gasteiger partial charge on any atom is -0.339 e. The number of carbonyl (C=O) groups excluding carboxylic acids is 1. The lowest BCUT2D eigenvalue weighted by molar-refractivity contribution is -0.00508. The molecule has 2 fully saturated rings. The molecule has 2 aliphatic rings. The van der Waals surface area contributed by atoms with E-state index in [0.717, 1.165) is 31.4 Å². The van der Waals surface area contributed by atoms with Gasteiger partial charge in [0.25, 0.3) is 0 Å². The number of hydrogen-bond acceptors (Lipinski definition) is 4. The van der Waals surface area contributed by atoms with Crippen molar-refractivity contribution >= 4 is 17.6 Å². The lowest BCUT2D eigenvalue weighted by Gasteiger charge is -2.54. The first kappa shape index (κ1) is 17.3. The van der Waals surface area contributed by atoms with Crippen LogP contribution >= 0.6 is 11.6 Å². The van der Waals surface area contributed by atoms with E-state index in [0.29, 0.717) is 29.7 Å². The summed E-state index contributed by atoms with van der Waals surface area (Å²) in [5.41, 5.74) is 0.988. The number of aromatic nitrogens is 2. The summed E-state index contributed by atoms with van der Waals surface area (Å²) in [5, 5.41) is 7.66. The highest BCUT2D eigenvalue weighted by Crippen LogP contribution is 2.42. The van der Waals surface area contributed by atoms with Crippen LogP contribution in [0.2, 0.25) is 5.02 Å². The molecule has 1 aromatic heterocycles. The van der Waals surface area contributed by atoms with Gasteiger partial charge in [0.05, 0.1) is 0 Å². The summed E-state index contributed by atoms with van der Waals surface area (Å²) in [4.78, 5) is 18.9. The van der Waals surface area contributed by atoms with Crippen molar-refractivity contribution in [2.75, 3.05) is 13.1 Å². The Morgan fingerprint density at radius 1 is 1.19 bits per heavy atom. The summed E-state index contributed by atoms with van der Waals surface area (Å²) in [6.07, 6.45) is 7.73. The molecule has 1 spiro atoms. The molecule has 0 bridgehead atoms. The van der Waals surface area contributed by atoms with Gasteiger partial charge in [0.2, 0.25) is 11.7 Å². The Balaban J connectivity index is 1.28. The molecule has 1 saturated heterocycles. The minimum atomic E-state index is 0.0376. The summed E-state index contributed by atoms with van der Waals surface area (Å²) < 4.78 is 5.28. The Kier molecular flexibility index (Phi) is 4.85. The van der Waals surface area contributed by atoms with E-state index in [1.165, 1.54) is 19.3 Å². The van der Waals surface area contributed by atoms with Gasteiger partial charge in [-0.3, -0.25) is 0 Å². The molecule has 0 unspecified atom stereocenters. The molecule has 1 saturated carbocycles. The standard InChI is InChI=1S/C19H23ClN4O2/c20-15-6-4-14(5-7-15)17-22-16(26-23-17)8-12-21-18(25)24-13-11-19(24)9-2-1-3-10-19/h4-7H,1-3,8-13H2,(H,21,25). The fourth-order valence-electron chi connectivity index (χ4n) is 4.03. The summed E-state index contributed by atoms with van der Waals surface area (Å²) in [7, 11) is 0. The van der Waals surface area contributed by atoms with Crippen LogP contribution in [0, 0.1) is 0 Å². The molecule has 7 heteroatoms. The monoisotopic (exact) mass is 374 g/mol. The number of urea groups is 1. The number of amides is 2. The van der Waals surface area contributed by atoms with E-state index in [1.54, 1.807) is 12.1 Å². The van der Waals surface area contributed by atoms with Crippen molar-refractivity contribution in [3.05, 3.63) is 35.2 Å². The number of benzene rings is 1. The van der Waals surface area contributed by atoms with Crippen LogP contribution in [0.3, 0.4) is 0 Å². The molecule has 1 aromatic carbocycles. The molecule has 1 aliphatic heterocycles. The molecular formula is C19H23ClN4O2. The summed E-state index contributed by atoms with van der Waals surface area (Å²) in [6.45, 7) is 1.36. The maximum absolute atomic E-state index is 12.5. The second kappa shape index (κ2) is 7.27. The highest BCUT2D eigenvalue weighted by Gasteiger charge is 2.47. The molecule has 2 amide bonds. The van der Waals surface area contributed by atoms with Crippen LogP contribution in [0.15, 0.2) is 28.8 Å². The van der Waals surface area contributed by atoms with Gasteiger partial charge in [0, 0.05) is 35.6 Å². The summed E-state index contributed by atoms with van der Waals surface area (Å²) >= 11 is 5.89. The molecule has 1 aliphatic carbocycles. The van der Waals surface area contributed by atoms with Crippen molar-refractivity contribution in [2.45, 2.75) is 50.5 Å². The van der Waals surface area contributed by atoms with Gasteiger partial charge >= 0.3 is 6.03 Å². The van der Waals surface area contributed by atoms with Gasteiger partial charge in [-0.1, -0.05) is 36.0 Å². The molecule has 0 atom stereocenters. The van der Waals surface area contributed by atoms with Crippen LogP contribution in [-0.2, 0) is 6.42 Å². The van der Waals surface area contributed by atoms with Crippen molar-refractivity contribution in [2.24, 2.45) is 0 Å². The molecule has 2 aromatic rings. The molecule has 2 heterocycles. The molecule has 138 valence electrons. The van der Waals surface area contributed by atoms with Gasteiger partial charge in [-0.25, -0.2) is 4.79 Å². The van der Waals surface area contributed by atoms with E-state index in [-0.39, 0.29) is 11.6 Å². The van der Waals surface area contributed by atoms with Crippen molar-refractivity contribution in [3.8, 4) is 11.4 Å². The van der Waals surface area contributed by atoms with Gasteiger partial charge in [0.15, 0.2) is 0 Å². The van der Waals surface area contributed by atoms with E-state index in [2.05, 4.69) is 15.5 Å². The second-order valence-corrected chi connectivity index (χ2v) is 7.62. The minimum absolute atomic E-state index is 0.0376. The van der Waals surface area contributed by atoms with Crippen LogP contribution in [0.25, 0.3) is 11.4 Å². The molecule has 4 rings (SSSR count). The third-order valence-corrected chi connectivity index (χ3v) is 5.84. The maximum Gasteiger partial charge on any atom is 0.317 e. The summed E-state index contributed by atoms with van der Waals surface area (Å²) in [5.74, 6) is 1.05. The van der Waals surface area contributed by atoms with E-state index in [1.807, 2.05) is 17.0 Å². The molecule has 1 N–H and O–H groups in total. The van der Waals surface area contributed by atoms with Gasteiger partial charge in [0.1, 0.15) is 0 Å². The maximum atomic E-state index is 12.5. The number of hydrogen-bond donors (Lipinski definition) is 1. The van der Waals surface area contributed by atoms with Crippen molar-refractivity contribution < 1.29 is 9.32 Å². The lowest BCUT2D eigenvalue weighted by Crippen LogP contribution is -2.65. The van der Waals surface area contributed by atoms with Crippen LogP contribution < -0.4 is 5.32 Å². The fourth-order valence-corrected chi connectivity index (χ4v) is 4.16. The van der Waals surface area contributed by atoms with E-state index in [4.69, 9.17) is 16.1 Å². The third kappa shape index (κ3) is 3.43. The Morgan fingerprint density at radius 3 is 2.65 bits per heavy atom. The average molecular weight is 375 g/mol. The van der Waals surface area contributed by atoms with Crippen LogP contribution in [-0.4, -0.2) is 39.7 Å². The number of likely N-dealkylation sites (tertiary alicyclic amines) is 1. The molecule has 26 heavy (non-hydrogen) atoms. The van der Waals surface area contributed by atoms with Crippen molar-refractivity contribution in [3.63, 3.8) is 0 Å². The fraction of sp³-hybridized carbons (Fsp3) is 0.526. The second-order valence-electron chi connectivity index (χ2n) is 7.19. The number of halogens is 1. The normalized spacial score (nSPS) is 18.6. The largest absolute Gasteiger partial charge is 0.339 e. The average Bonchev–Trinajstić information content (AvgIpc) is 3.11. The predicted molar refractivity (Wildman–Crippen MR) is 99.0 cm³/mol. The molecule has 6 nitrogen and oxygen atoms in total. The molecule has 0 radical (unpaired) electrons. The zero-order chi connectivity index (χ0) is 18.0. The van der Waals surface area contributed by atoms with Crippen LogP contribution in [0.4, 0.5) is 4.79 Å². The first-order valence-corrected chi connectivity index (χ1v) is 9.68. The number of nitrogens with one attached hydrogen (secondary N) is 1. The van der Waals surface area contributed by atoms with Crippen LogP contribution in [0.1, 0.15) is 44.4 Å². The summed E-state index contributed by atoms with van der Waals surface area (Å²) in [6, 6.07) is 7.33. The first-order chi connectivity index (χ1) is 12.7. The first-order valence-electron chi connectivity index (χ1n) is 9.30. The SMILES string of the molecule is O=C(NCCc1nc(-c2ccc(Cl)cc2)no1)N1CCC12CCCCC2. The zero-order valence-electron chi connectivity index (χ0n) is 14.7. The highest BCUT2D eigenvalue weighted by molar-refractivity contribution is 6.30. The van der Waals surface area contributed by atoms with E-state index in [9.17, 15) is 4.79 Å². The number of rotatable bonds is 4. The van der Waals surface area contributed by atoms with Gasteiger partial charge in [-0.2, -0.15) is 4.98 Å². The third-order valence-electron chi connectivity index (χ3n) is 5.59. The Labute approximate surface area is 157 Å². The van der Waals surface area contributed by atoms with E-state index >= 15 is 0 Å². The van der Waals surface area contributed by atoms with Crippen molar-refractivity contribution in [1.82, 2.24) is 20.4 Å². The van der Waals surface area contributed by atoms with Crippen molar-refractivity contribution in [1.29, 1.82) is 0 Å². The number of carbonyl (C=O) groups is 1. The van der Waals surface area contributed by atoms with E-state index < -0.39 is 0 Å². The topological polar surface area (TPSA) is 71.3 Å². The lowest BCUT2D eigenvalue weighted by atomic mass is 9.73. The zero-order valence-corrected chi connectivity index (χ0v) is 15.5. The number of nitrogens with zero attached hydrogens (tertiary/aromatic N) is 3. The Bertz CT molecular complexity index is 768. The quantitative estimate of drug-likeness (QED) is 0.876. The van der Waals surface area contributed by atoms with Gasteiger partial charge < -0.3 is 14.7 Å². The highest BCUT2D eigenvalue weighted by atomic mass is 35.5. The Morgan fingerprint density at radius 2 is 1.96 bits per heavy atom. The van der Waals surface area contributed by atoms with Crippen LogP contribution in [0.5, 0.6) is 0 Å². The van der Waals surface area contributed by atoms with Gasteiger partial charge in [-0.05, 0) is 43.5 Å². The Hall–Kier alpha value is -2.08. The molecular weight excluding hydrogens is 352 g/mol. The smallest absolute Gasteiger partial charge is 0.317 e. The predicted octanol–water partition coefficient (Wildman–Crippen LogP) is 4.05. The van der Waals surface area contributed by atoms with Gasteiger partial charge in [-0.15, -0.1) is 0 Å².